The Balaban J connectivity index is 1.41. The normalized spacial score (nSPS) is 21.1. The maximum Gasteiger partial charge on any atom is 0.187 e. The highest BCUT2D eigenvalue weighted by molar-refractivity contribution is 6.30. The number of nitrogens with zero attached hydrogens (tertiary/aromatic N) is 2. The van der Waals surface area contributed by atoms with Crippen LogP contribution in [0, 0.1) is 5.82 Å². The summed E-state index contributed by atoms with van der Waals surface area (Å²) in [5.41, 5.74) is 7.07. The third kappa shape index (κ3) is 5.11. The number of nitrogen functional groups attached to an aromatic ring is 1. The lowest BCUT2D eigenvalue weighted by Crippen LogP contribution is -2.37. The van der Waals surface area contributed by atoms with Gasteiger partial charge in [0.25, 0.3) is 0 Å². The molecule has 0 saturated carbocycles. The van der Waals surface area contributed by atoms with Crippen LogP contribution in [0.15, 0.2) is 61.2 Å². The van der Waals surface area contributed by atoms with E-state index in [1.165, 1.54) is 12.1 Å². The first-order valence-electron chi connectivity index (χ1n) is 9.71. The van der Waals surface area contributed by atoms with Crippen molar-refractivity contribution in [3.05, 3.63) is 77.6 Å². The number of nitrogens with two attached hydrogens (primary N) is 1. The Morgan fingerprint density at radius 3 is 2.83 bits per heavy atom. The molecule has 2 N–H and O–H groups in total. The van der Waals surface area contributed by atoms with E-state index in [2.05, 4.69) is 4.98 Å². The van der Waals surface area contributed by atoms with E-state index in [4.69, 9.17) is 31.5 Å². The summed E-state index contributed by atoms with van der Waals surface area (Å²) in [5.74, 6) is -1.18. The molecule has 1 aromatic heterocycles. The minimum absolute atomic E-state index is 0.140. The van der Waals surface area contributed by atoms with Gasteiger partial charge in [0.1, 0.15) is 12.7 Å². The molecule has 30 heavy (non-hydrogen) atoms. The first-order chi connectivity index (χ1) is 14.5. The molecular weight excluding hydrogens is 409 g/mol. The van der Waals surface area contributed by atoms with Gasteiger partial charge in [0.15, 0.2) is 17.4 Å². The zero-order valence-electron chi connectivity index (χ0n) is 16.3. The van der Waals surface area contributed by atoms with Gasteiger partial charge in [-0.3, -0.25) is 0 Å². The zero-order valence-corrected chi connectivity index (χ0v) is 17.1. The molecule has 8 heteroatoms. The molecule has 6 nitrogen and oxygen atoms in total. The van der Waals surface area contributed by atoms with Crippen molar-refractivity contribution in [3.63, 3.8) is 0 Å². The maximum absolute atomic E-state index is 14.0. The maximum atomic E-state index is 14.0. The highest BCUT2D eigenvalue weighted by Crippen LogP contribution is 2.32. The number of rotatable bonds is 8. The van der Waals surface area contributed by atoms with Crippen molar-refractivity contribution >= 4 is 17.3 Å². The quantitative estimate of drug-likeness (QED) is 0.544. The molecule has 2 heterocycles. The first kappa shape index (κ1) is 20.7. The molecule has 1 saturated heterocycles. The van der Waals surface area contributed by atoms with Crippen LogP contribution in [0.5, 0.6) is 5.75 Å². The van der Waals surface area contributed by atoms with E-state index in [0.29, 0.717) is 30.3 Å². The van der Waals surface area contributed by atoms with Gasteiger partial charge in [-0.2, -0.15) is 0 Å². The number of aromatic nitrogens is 2. The Hall–Kier alpha value is -2.61. The number of imidazole rings is 1. The molecule has 2 aromatic carbocycles. The van der Waals surface area contributed by atoms with Crippen LogP contribution in [-0.2, 0) is 22.4 Å². The molecule has 0 radical (unpaired) electrons. The summed E-state index contributed by atoms with van der Waals surface area (Å²) < 4.78 is 33.9. The van der Waals surface area contributed by atoms with Crippen LogP contribution in [0.1, 0.15) is 12.0 Å². The number of ether oxygens (including phenoxy) is 3. The van der Waals surface area contributed by atoms with Crippen molar-refractivity contribution in [1.29, 1.82) is 0 Å². The fraction of sp³-hybridized carbons (Fsp3) is 0.318. The number of halogens is 2. The van der Waals surface area contributed by atoms with Gasteiger partial charge in [-0.1, -0.05) is 23.7 Å². The molecule has 1 fully saturated rings. The van der Waals surface area contributed by atoms with Crippen LogP contribution in [0.4, 0.5) is 10.1 Å². The van der Waals surface area contributed by atoms with Crippen molar-refractivity contribution in [3.8, 4) is 5.75 Å². The lowest BCUT2D eigenvalue weighted by Gasteiger charge is -2.28. The standard InChI is InChI=1S/C22H23ClFN3O3/c23-17-3-1-16(2-4-17)7-8-22(14-27-10-9-26-15-27)29-13-19(30-22)12-28-21-6-5-18(25)11-20(21)24/h1-6,9-11,15,19H,7-8,12-14,25H2/t19-,22-/m0/s1. The summed E-state index contributed by atoms with van der Waals surface area (Å²) in [5, 5.41) is 0.701. The van der Waals surface area contributed by atoms with Crippen LogP contribution in [0.25, 0.3) is 0 Å². The van der Waals surface area contributed by atoms with Crippen molar-refractivity contribution in [1.82, 2.24) is 9.55 Å². The summed E-state index contributed by atoms with van der Waals surface area (Å²) in [4.78, 5) is 4.10. The monoisotopic (exact) mass is 431 g/mol. The van der Waals surface area contributed by atoms with E-state index in [1.54, 1.807) is 18.6 Å². The lowest BCUT2D eigenvalue weighted by atomic mass is 10.0. The van der Waals surface area contributed by atoms with Crippen LogP contribution in [0.3, 0.4) is 0 Å². The third-order valence-electron chi connectivity index (χ3n) is 4.98. The summed E-state index contributed by atoms with van der Waals surface area (Å²) in [7, 11) is 0. The Kier molecular flexibility index (Phi) is 6.22. The smallest absolute Gasteiger partial charge is 0.187 e. The largest absolute Gasteiger partial charge is 0.488 e. The summed E-state index contributed by atoms with van der Waals surface area (Å²) in [6, 6.07) is 12.1. The number of aryl methyl sites for hydroxylation is 1. The van der Waals surface area contributed by atoms with Crippen molar-refractivity contribution < 1.29 is 18.6 Å². The molecule has 3 aromatic rings. The van der Waals surface area contributed by atoms with Crippen molar-refractivity contribution in [2.45, 2.75) is 31.3 Å². The minimum Gasteiger partial charge on any atom is -0.488 e. The average molecular weight is 432 g/mol. The third-order valence-corrected chi connectivity index (χ3v) is 5.24. The second-order valence-electron chi connectivity index (χ2n) is 7.32. The number of anilines is 1. The van der Waals surface area contributed by atoms with E-state index < -0.39 is 11.6 Å². The molecule has 1 aliphatic rings. The second kappa shape index (κ2) is 9.04. The number of benzene rings is 2. The Bertz CT molecular complexity index is 968. The summed E-state index contributed by atoms with van der Waals surface area (Å²) >= 11 is 5.98. The summed E-state index contributed by atoms with van der Waals surface area (Å²) in [6.45, 7) is 1.02. The SMILES string of the molecule is Nc1ccc(OC[C@H]2CO[C@](CCc3ccc(Cl)cc3)(Cn3ccnc3)O2)c(F)c1. The molecule has 1 aliphatic heterocycles. The van der Waals surface area contributed by atoms with Crippen LogP contribution in [0.2, 0.25) is 5.02 Å². The second-order valence-corrected chi connectivity index (χ2v) is 7.76. The predicted octanol–water partition coefficient (Wildman–Crippen LogP) is 4.08. The molecule has 0 bridgehead atoms. The molecule has 0 amide bonds. The highest BCUT2D eigenvalue weighted by atomic mass is 35.5. The van der Waals surface area contributed by atoms with Crippen LogP contribution >= 0.6 is 11.6 Å². The van der Waals surface area contributed by atoms with E-state index in [0.717, 1.165) is 12.0 Å². The molecule has 4 rings (SSSR count). The van der Waals surface area contributed by atoms with Crippen LogP contribution in [-0.4, -0.2) is 34.7 Å². The minimum atomic E-state index is -0.825. The van der Waals surface area contributed by atoms with Crippen molar-refractivity contribution in [2.75, 3.05) is 18.9 Å². The average Bonchev–Trinajstić information content (AvgIpc) is 3.38. The van der Waals surface area contributed by atoms with Gasteiger partial charge in [-0.25, -0.2) is 9.37 Å². The highest BCUT2D eigenvalue weighted by Gasteiger charge is 2.42. The van der Waals surface area contributed by atoms with Gasteiger partial charge in [-0.05, 0) is 36.2 Å². The Labute approximate surface area is 179 Å². The van der Waals surface area contributed by atoms with E-state index in [-0.39, 0.29) is 18.5 Å². The Morgan fingerprint density at radius 1 is 1.27 bits per heavy atom. The van der Waals surface area contributed by atoms with E-state index in [9.17, 15) is 4.39 Å². The van der Waals surface area contributed by atoms with Gasteiger partial charge >= 0.3 is 0 Å². The predicted molar refractivity (Wildman–Crippen MR) is 112 cm³/mol. The van der Waals surface area contributed by atoms with E-state index >= 15 is 0 Å². The first-order valence-corrected chi connectivity index (χ1v) is 10.1. The lowest BCUT2D eigenvalue weighted by molar-refractivity contribution is -0.184. The topological polar surface area (TPSA) is 71.5 Å². The molecular formula is C22H23ClFN3O3. The van der Waals surface area contributed by atoms with Crippen molar-refractivity contribution in [2.24, 2.45) is 0 Å². The number of hydrogen-bond donors (Lipinski definition) is 1. The van der Waals surface area contributed by atoms with Gasteiger partial charge < -0.3 is 24.5 Å². The molecule has 158 valence electrons. The zero-order chi connectivity index (χ0) is 21.0. The van der Waals surface area contributed by atoms with Crippen LogP contribution < -0.4 is 10.5 Å². The number of hydrogen-bond acceptors (Lipinski definition) is 5. The van der Waals surface area contributed by atoms with E-state index in [1.807, 2.05) is 35.0 Å². The molecule has 0 spiro atoms. The summed E-state index contributed by atoms with van der Waals surface area (Å²) in [6.07, 6.45) is 6.38. The fourth-order valence-corrected chi connectivity index (χ4v) is 3.58. The Morgan fingerprint density at radius 2 is 2.10 bits per heavy atom. The molecule has 0 aliphatic carbocycles. The van der Waals surface area contributed by atoms with Gasteiger partial charge in [0, 0.05) is 35.6 Å². The molecule has 2 atom stereocenters. The molecule has 0 unspecified atom stereocenters. The van der Waals surface area contributed by atoms with Gasteiger partial charge in [0.05, 0.1) is 19.5 Å². The fourth-order valence-electron chi connectivity index (χ4n) is 3.45. The van der Waals surface area contributed by atoms with Gasteiger partial charge in [0.2, 0.25) is 0 Å². The van der Waals surface area contributed by atoms with Gasteiger partial charge in [-0.15, -0.1) is 0 Å².